The van der Waals surface area contributed by atoms with Gasteiger partial charge in [-0.25, -0.2) is 12.7 Å². The van der Waals surface area contributed by atoms with Gasteiger partial charge in [0.05, 0.1) is 6.26 Å². The fourth-order valence-electron chi connectivity index (χ4n) is 2.74. The maximum Gasteiger partial charge on any atom is 0.211 e. The molecule has 4 nitrogen and oxygen atoms in total. The SMILES string of the molecule is [B]C1(N(C)S(C)(=O)=O)c2ccccc2OC(C)(C)C1C. The first-order valence-electron chi connectivity index (χ1n) is 6.52. The lowest BCUT2D eigenvalue weighted by Crippen LogP contribution is -2.61. The molecule has 2 atom stereocenters. The number of ether oxygens (including phenoxy) is 1. The zero-order valence-corrected chi connectivity index (χ0v) is 13.4. The molecule has 1 aliphatic heterocycles. The van der Waals surface area contributed by atoms with Crippen molar-refractivity contribution in [1.29, 1.82) is 0 Å². The van der Waals surface area contributed by atoms with E-state index in [1.807, 2.05) is 45.0 Å². The van der Waals surface area contributed by atoms with Crippen LogP contribution in [0.25, 0.3) is 0 Å². The molecule has 20 heavy (non-hydrogen) atoms. The van der Waals surface area contributed by atoms with Crippen molar-refractivity contribution in [2.75, 3.05) is 13.3 Å². The average Bonchev–Trinajstić information content (AvgIpc) is 2.34. The van der Waals surface area contributed by atoms with E-state index in [1.165, 1.54) is 17.6 Å². The zero-order valence-electron chi connectivity index (χ0n) is 12.5. The van der Waals surface area contributed by atoms with Crippen LogP contribution in [0, 0.1) is 5.92 Å². The molecule has 1 aromatic carbocycles. The van der Waals surface area contributed by atoms with Crippen LogP contribution in [0.5, 0.6) is 5.75 Å². The van der Waals surface area contributed by atoms with Crippen LogP contribution in [-0.2, 0) is 15.5 Å². The standard InChI is InChI=1S/C14H20BNO3S/c1-10-13(2,3)19-12-9-7-6-8-11(12)14(10,15)16(4)20(5,17)18/h6-10H,1-5H3. The highest BCUT2D eigenvalue weighted by atomic mass is 32.2. The third-order valence-electron chi connectivity index (χ3n) is 4.41. The molecule has 1 aliphatic rings. The summed E-state index contributed by atoms with van der Waals surface area (Å²) < 4.78 is 31.2. The molecule has 0 aliphatic carbocycles. The zero-order chi connectivity index (χ0) is 15.3. The minimum Gasteiger partial charge on any atom is -0.487 e. The number of para-hydroxylation sites is 1. The third kappa shape index (κ3) is 2.15. The Labute approximate surface area is 122 Å². The summed E-state index contributed by atoms with van der Waals surface area (Å²) in [7, 11) is 4.67. The summed E-state index contributed by atoms with van der Waals surface area (Å²) in [5, 5.41) is 0. The van der Waals surface area contributed by atoms with E-state index >= 15 is 0 Å². The first-order chi connectivity index (χ1) is 9.01. The van der Waals surface area contributed by atoms with Gasteiger partial charge in [0.25, 0.3) is 0 Å². The topological polar surface area (TPSA) is 46.6 Å². The predicted octanol–water partition coefficient (Wildman–Crippen LogP) is 1.71. The Bertz CT molecular complexity index is 629. The molecule has 0 amide bonds. The van der Waals surface area contributed by atoms with Crippen molar-refractivity contribution in [2.24, 2.45) is 5.92 Å². The average molecular weight is 293 g/mol. The molecule has 108 valence electrons. The van der Waals surface area contributed by atoms with E-state index in [2.05, 4.69) is 0 Å². The lowest BCUT2D eigenvalue weighted by molar-refractivity contribution is -0.0173. The van der Waals surface area contributed by atoms with Gasteiger partial charge >= 0.3 is 0 Å². The molecule has 0 N–H and O–H groups in total. The Morgan fingerprint density at radius 2 is 1.85 bits per heavy atom. The van der Waals surface area contributed by atoms with Gasteiger partial charge in [-0.1, -0.05) is 25.1 Å². The smallest absolute Gasteiger partial charge is 0.211 e. The van der Waals surface area contributed by atoms with Gasteiger partial charge in [-0.05, 0) is 19.9 Å². The maximum absolute atomic E-state index is 12.0. The normalized spacial score (nSPS) is 28.8. The van der Waals surface area contributed by atoms with Crippen molar-refractivity contribution in [3.63, 3.8) is 0 Å². The molecule has 1 heterocycles. The van der Waals surface area contributed by atoms with Crippen molar-refractivity contribution in [1.82, 2.24) is 4.31 Å². The van der Waals surface area contributed by atoms with Crippen LogP contribution in [0.3, 0.4) is 0 Å². The summed E-state index contributed by atoms with van der Waals surface area (Å²) in [6.45, 7) is 5.76. The lowest BCUT2D eigenvalue weighted by Gasteiger charge is -2.53. The second-order valence-corrected chi connectivity index (χ2v) is 7.99. The van der Waals surface area contributed by atoms with Gasteiger partial charge in [-0.2, -0.15) is 0 Å². The van der Waals surface area contributed by atoms with E-state index in [1.54, 1.807) is 0 Å². The van der Waals surface area contributed by atoms with E-state index in [-0.39, 0.29) is 5.92 Å². The molecule has 0 bridgehead atoms. The molecule has 2 rings (SSSR count). The van der Waals surface area contributed by atoms with Crippen molar-refractivity contribution in [2.45, 2.75) is 31.8 Å². The van der Waals surface area contributed by atoms with Crippen LogP contribution in [0.2, 0.25) is 0 Å². The number of fused-ring (bicyclic) bond motifs is 1. The number of nitrogens with zero attached hydrogens (tertiary/aromatic N) is 1. The van der Waals surface area contributed by atoms with E-state index in [4.69, 9.17) is 12.6 Å². The van der Waals surface area contributed by atoms with Crippen molar-refractivity contribution in [3.8, 4) is 5.75 Å². The Morgan fingerprint density at radius 1 is 1.30 bits per heavy atom. The number of sulfonamides is 1. The molecule has 2 radical (unpaired) electrons. The molecular formula is C14H20BNO3S. The molecule has 1 aromatic rings. The first kappa shape index (κ1) is 15.4. The van der Waals surface area contributed by atoms with Gasteiger partial charge in [0, 0.05) is 24.0 Å². The summed E-state index contributed by atoms with van der Waals surface area (Å²) >= 11 is 0. The molecule has 0 aromatic heterocycles. The van der Waals surface area contributed by atoms with Gasteiger partial charge in [0.15, 0.2) is 0 Å². The maximum atomic E-state index is 12.0. The van der Waals surface area contributed by atoms with Crippen LogP contribution < -0.4 is 4.74 Å². The Kier molecular flexibility index (Phi) is 3.46. The van der Waals surface area contributed by atoms with Crippen molar-refractivity contribution >= 4 is 17.9 Å². The summed E-state index contributed by atoms with van der Waals surface area (Å²) in [4.78, 5) is 0. The second-order valence-electron chi connectivity index (χ2n) is 5.98. The molecule has 2 unspecified atom stereocenters. The highest BCUT2D eigenvalue weighted by Crippen LogP contribution is 2.48. The van der Waals surface area contributed by atoms with Crippen LogP contribution in [0.15, 0.2) is 24.3 Å². The molecular weight excluding hydrogens is 273 g/mol. The van der Waals surface area contributed by atoms with E-state index in [9.17, 15) is 8.42 Å². The quantitative estimate of drug-likeness (QED) is 0.780. The van der Waals surface area contributed by atoms with Gasteiger partial charge in [0.2, 0.25) is 10.0 Å². The van der Waals surface area contributed by atoms with E-state index < -0.39 is 21.1 Å². The lowest BCUT2D eigenvalue weighted by atomic mass is 9.58. The summed E-state index contributed by atoms with van der Waals surface area (Å²) in [5.74, 6) is 0.415. The van der Waals surface area contributed by atoms with Crippen LogP contribution in [-0.4, -0.2) is 39.5 Å². The molecule has 6 heteroatoms. The van der Waals surface area contributed by atoms with Gasteiger partial charge < -0.3 is 4.74 Å². The van der Waals surface area contributed by atoms with Crippen molar-refractivity contribution in [3.05, 3.63) is 29.8 Å². The van der Waals surface area contributed by atoms with Crippen LogP contribution >= 0.6 is 0 Å². The van der Waals surface area contributed by atoms with Gasteiger partial charge in [-0.3, -0.25) is 0 Å². The Hall–Kier alpha value is -1.01. The third-order valence-corrected chi connectivity index (χ3v) is 5.71. The summed E-state index contributed by atoms with van der Waals surface area (Å²) in [5.41, 5.74) is -1.01. The second kappa shape index (κ2) is 4.50. The molecule has 0 spiro atoms. The summed E-state index contributed by atoms with van der Waals surface area (Å²) in [6, 6.07) is 7.33. The van der Waals surface area contributed by atoms with Crippen molar-refractivity contribution < 1.29 is 13.2 Å². The number of hydrogen-bond donors (Lipinski definition) is 0. The monoisotopic (exact) mass is 293 g/mol. The highest BCUT2D eigenvalue weighted by Gasteiger charge is 2.52. The minimum atomic E-state index is -3.43. The molecule has 0 fully saturated rings. The molecule has 0 saturated carbocycles. The number of hydrogen-bond acceptors (Lipinski definition) is 3. The fraction of sp³-hybridized carbons (Fsp3) is 0.571. The van der Waals surface area contributed by atoms with Gasteiger partial charge in [0.1, 0.15) is 19.2 Å². The minimum absolute atomic E-state index is 0.218. The number of rotatable bonds is 2. The van der Waals surface area contributed by atoms with E-state index in [0.717, 1.165) is 0 Å². The predicted molar refractivity (Wildman–Crippen MR) is 80.4 cm³/mol. The van der Waals surface area contributed by atoms with Crippen LogP contribution in [0.4, 0.5) is 0 Å². The van der Waals surface area contributed by atoms with E-state index in [0.29, 0.717) is 11.3 Å². The number of benzene rings is 1. The highest BCUT2D eigenvalue weighted by molar-refractivity contribution is 7.88. The Balaban J connectivity index is 2.72. The summed E-state index contributed by atoms with van der Waals surface area (Å²) in [6.07, 6.45) is 1.17. The fourth-order valence-corrected chi connectivity index (χ4v) is 3.54. The Morgan fingerprint density at radius 3 is 2.40 bits per heavy atom. The van der Waals surface area contributed by atoms with Crippen LogP contribution in [0.1, 0.15) is 26.3 Å². The molecule has 0 saturated heterocycles. The van der Waals surface area contributed by atoms with Gasteiger partial charge in [-0.15, -0.1) is 0 Å². The first-order valence-corrected chi connectivity index (χ1v) is 8.37. The largest absolute Gasteiger partial charge is 0.487 e.